The summed E-state index contributed by atoms with van der Waals surface area (Å²) in [7, 11) is 0. The van der Waals surface area contributed by atoms with Gasteiger partial charge in [0, 0.05) is 19.3 Å². The van der Waals surface area contributed by atoms with E-state index in [2.05, 4.69) is 27.7 Å². The van der Waals surface area contributed by atoms with Crippen LogP contribution in [0.3, 0.4) is 0 Å². The largest absolute Gasteiger partial charge is 0.462 e. The zero-order valence-electron chi connectivity index (χ0n) is 41.6. The lowest BCUT2D eigenvalue weighted by atomic mass is 10.0. The first-order valence-corrected chi connectivity index (χ1v) is 27.4. The standard InChI is InChI=1S/C55H106O6/c1-5-7-9-11-13-15-17-19-21-22-23-24-26-28-30-36-40-44-48-55(58)61-52(50-60-54(57)47-43-39-35-32-31-33-37-41-45-51(3)4)49-59-53(56)46-42-38-34-29-27-25-20-18-16-14-12-10-8-6-2/h51-52H,5-50H2,1-4H3/t52-/m1/s1. The summed E-state index contributed by atoms with van der Waals surface area (Å²) in [5, 5.41) is 0. The van der Waals surface area contributed by atoms with Gasteiger partial charge in [0.15, 0.2) is 6.10 Å². The number of rotatable bonds is 50. The Morgan fingerprint density at radius 2 is 0.541 bits per heavy atom. The second-order valence-corrected chi connectivity index (χ2v) is 19.3. The van der Waals surface area contributed by atoms with Gasteiger partial charge in [0.2, 0.25) is 0 Å². The molecule has 0 aromatic heterocycles. The SMILES string of the molecule is CCCCCCCCCCCCCCCCCCCCC(=O)O[C@H](COC(=O)CCCCCCCCCCCCCCCC)COC(=O)CCCCCCCCCCC(C)C. The fraction of sp³-hybridized carbons (Fsp3) is 0.945. The van der Waals surface area contributed by atoms with Crippen molar-refractivity contribution in [3.8, 4) is 0 Å². The molecule has 0 aromatic rings. The topological polar surface area (TPSA) is 78.9 Å². The minimum atomic E-state index is -0.761. The van der Waals surface area contributed by atoms with Crippen molar-refractivity contribution in [2.75, 3.05) is 13.2 Å². The zero-order chi connectivity index (χ0) is 44.5. The van der Waals surface area contributed by atoms with E-state index in [1.54, 1.807) is 0 Å². The molecule has 0 N–H and O–H groups in total. The van der Waals surface area contributed by atoms with E-state index < -0.39 is 6.10 Å². The van der Waals surface area contributed by atoms with Crippen molar-refractivity contribution >= 4 is 17.9 Å². The first-order valence-electron chi connectivity index (χ1n) is 27.4. The number of esters is 3. The Morgan fingerprint density at radius 1 is 0.311 bits per heavy atom. The smallest absolute Gasteiger partial charge is 0.306 e. The highest BCUT2D eigenvalue weighted by atomic mass is 16.6. The van der Waals surface area contributed by atoms with Crippen molar-refractivity contribution in [2.24, 2.45) is 5.92 Å². The average molecular weight is 863 g/mol. The predicted octanol–water partition coefficient (Wildman–Crippen LogP) is 17.8. The van der Waals surface area contributed by atoms with E-state index in [0.29, 0.717) is 19.3 Å². The summed E-state index contributed by atoms with van der Waals surface area (Å²) in [4.78, 5) is 38.0. The fourth-order valence-corrected chi connectivity index (χ4v) is 8.39. The van der Waals surface area contributed by atoms with E-state index >= 15 is 0 Å². The molecule has 6 heteroatoms. The van der Waals surface area contributed by atoms with Crippen LogP contribution in [0.5, 0.6) is 0 Å². The van der Waals surface area contributed by atoms with E-state index in [1.165, 1.54) is 205 Å². The third-order valence-corrected chi connectivity index (χ3v) is 12.5. The minimum absolute atomic E-state index is 0.0627. The summed E-state index contributed by atoms with van der Waals surface area (Å²) in [6.07, 6.45) is 52.4. The van der Waals surface area contributed by atoms with Gasteiger partial charge in [-0.05, 0) is 25.2 Å². The van der Waals surface area contributed by atoms with Gasteiger partial charge in [-0.15, -0.1) is 0 Å². The van der Waals surface area contributed by atoms with Crippen molar-refractivity contribution in [1.29, 1.82) is 0 Å². The maximum absolute atomic E-state index is 12.8. The number of hydrogen-bond donors (Lipinski definition) is 0. The molecule has 61 heavy (non-hydrogen) atoms. The molecule has 6 nitrogen and oxygen atoms in total. The molecule has 0 heterocycles. The molecule has 0 unspecified atom stereocenters. The molecular weight excluding hydrogens is 757 g/mol. The number of unbranched alkanes of at least 4 members (excludes halogenated alkanes) is 37. The molecule has 0 fully saturated rings. The lowest BCUT2D eigenvalue weighted by Crippen LogP contribution is -2.30. The fourth-order valence-electron chi connectivity index (χ4n) is 8.39. The molecule has 1 atom stereocenters. The molecule has 0 aliphatic rings. The van der Waals surface area contributed by atoms with E-state index in [1.807, 2.05) is 0 Å². The maximum Gasteiger partial charge on any atom is 0.306 e. The van der Waals surface area contributed by atoms with Gasteiger partial charge in [0.25, 0.3) is 0 Å². The van der Waals surface area contributed by atoms with E-state index in [0.717, 1.165) is 63.7 Å². The molecule has 0 amide bonds. The predicted molar refractivity (Wildman–Crippen MR) is 261 cm³/mol. The van der Waals surface area contributed by atoms with Crippen LogP contribution >= 0.6 is 0 Å². The van der Waals surface area contributed by atoms with Gasteiger partial charge in [-0.2, -0.15) is 0 Å². The summed E-state index contributed by atoms with van der Waals surface area (Å²) in [5.41, 5.74) is 0. The molecule has 0 aliphatic carbocycles. The molecule has 362 valence electrons. The van der Waals surface area contributed by atoms with Crippen LogP contribution in [-0.4, -0.2) is 37.2 Å². The zero-order valence-corrected chi connectivity index (χ0v) is 41.6. The maximum atomic E-state index is 12.8. The Morgan fingerprint density at radius 3 is 0.803 bits per heavy atom. The van der Waals surface area contributed by atoms with Gasteiger partial charge >= 0.3 is 17.9 Å². The van der Waals surface area contributed by atoms with Crippen LogP contribution in [0.4, 0.5) is 0 Å². The van der Waals surface area contributed by atoms with Crippen molar-refractivity contribution in [3.63, 3.8) is 0 Å². The van der Waals surface area contributed by atoms with Crippen LogP contribution < -0.4 is 0 Å². The lowest BCUT2D eigenvalue weighted by molar-refractivity contribution is -0.167. The Balaban J connectivity index is 4.27. The Kier molecular flexibility index (Phi) is 48.1. The molecule has 0 saturated carbocycles. The highest BCUT2D eigenvalue weighted by molar-refractivity contribution is 5.71. The second kappa shape index (κ2) is 49.4. The summed E-state index contributed by atoms with van der Waals surface area (Å²) < 4.78 is 16.8. The van der Waals surface area contributed by atoms with Gasteiger partial charge in [-0.25, -0.2) is 0 Å². The first-order chi connectivity index (χ1) is 29.9. The average Bonchev–Trinajstić information content (AvgIpc) is 3.24. The van der Waals surface area contributed by atoms with E-state index in [9.17, 15) is 14.4 Å². The van der Waals surface area contributed by atoms with Gasteiger partial charge in [-0.1, -0.05) is 272 Å². The summed E-state index contributed by atoms with van der Waals surface area (Å²) in [6.45, 7) is 9.01. The molecule has 0 rings (SSSR count). The van der Waals surface area contributed by atoms with Gasteiger partial charge in [0.1, 0.15) is 13.2 Å². The second-order valence-electron chi connectivity index (χ2n) is 19.3. The number of carbonyl (C=O) groups is 3. The molecule has 0 radical (unpaired) electrons. The van der Waals surface area contributed by atoms with Gasteiger partial charge in [0.05, 0.1) is 0 Å². The quantitative estimate of drug-likeness (QED) is 0.0344. The lowest BCUT2D eigenvalue weighted by Gasteiger charge is -2.18. The van der Waals surface area contributed by atoms with Gasteiger partial charge < -0.3 is 14.2 Å². The minimum Gasteiger partial charge on any atom is -0.462 e. The van der Waals surface area contributed by atoms with E-state index in [4.69, 9.17) is 14.2 Å². The third kappa shape index (κ3) is 49.3. The summed E-state index contributed by atoms with van der Waals surface area (Å²) in [6, 6.07) is 0. The van der Waals surface area contributed by atoms with Crippen molar-refractivity contribution in [3.05, 3.63) is 0 Å². The van der Waals surface area contributed by atoms with Crippen molar-refractivity contribution in [1.82, 2.24) is 0 Å². The van der Waals surface area contributed by atoms with E-state index in [-0.39, 0.29) is 31.1 Å². The third-order valence-electron chi connectivity index (χ3n) is 12.5. The molecule has 0 bridgehead atoms. The molecule has 0 saturated heterocycles. The Labute approximate surface area is 380 Å². The van der Waals surface area contributed by atoms with Crippen LogP contribution in [-0.2, 0) is 28.6 Å². The van der Waals surface area contributed by atoms with Crippen LogP contribution in [0, 0.1) is 5.92 Å². The number of carbonyl (C=O) groups excluding carboxylic acids is 3. The number of hydrogen-bond acceptors (Lipinski definition) is 6. The van der Waals surface area contributed by atoms with Crippen molar-refractivity contribution in [2.45, 2.75) is 316 Å². The monoisotopic (exact) mass is 863 g/mol. The molecule has 0 spiro atoms. The highest BCUT2D eigenvalue weighted by Crippen LogP contribution is 2.17. The van der Waals surface area contributed by atoms with Crippen LogP contribution in [0.1, 0.15) is 310 Å². The first kappa shape index (κ1) is 59.4. The Hall–Kier alpha value is -1.59. The molecule has 0 aromatic carbocycles. The normalized spacial score (nSPS) is 12.0. The summed E-state index contributed by atoms with van der Waals surface area (Å²) in [5.74, 6) is -0.0458. The highest BCUT2D eigenvalue weighted by Gasteiger charge is 2.19. The summed E-state index contributed by atoms with van der Waals surface area (Å²) >= 11 is 0. The Bertz CT molecular complexity index is 918. The number of ether oxygens (including phenoxy) is 3. The van der Waals surface area contributed by atoms with Crippen molar-refractivity contribution < 1.29 is 28.6 Å². The van der Waals surface area contributed by atoms with Crippen LogP contribution in [0.25, 0.3) is 0 Å². The molecule has 0 aliphatic heterocycles. The van der Waals surface area contributed by atoms with Gasteiger partial charge in [-0.3, -0.25) is 14.4 Å². The van der Waals surface area contributed by atoms with Crippen LogP contribution in [0.15, 0.2) is 0 Å². The van der Waals surface area contributed by atoms with Crippen LogP contribution in [0.2, 0.25) is 0 Å². The molecular formula is C55H106O6.